The van der Waals surface area contributed by atoms with Crippen LogP contribution < -0.4 is 0 Å². The molecule has 2 atom stereocenters. The Balaban J connectivity index is 0.00000596. The fraction of sp³-hybridized carbons (Fsp3) is 0.109. The summed E-state index contributed by atoms with van der Waals surface area (Å²) >= 11 is 0. The Morgan fingerprint density at radius 1 is 0.536 bits per heavy atom. The molecule has 4 nitrogen and oxygen atoms in total. The first kappa shape index (κ1) is 41.6. The van der Waals surface area contributed by atoms with Crippen molar-refractivity contribution in [2.75, 3.05) is 0 Å². The minimum absolute atomic E-state index is 0. The smallest absolute Gasteiger partial charge is 0.162 e. The normalized spacial score (nSPS) is 15.7. The van der Waals surface area contributed by atoms with Crippen molar-refractivity contribution in [3.8, 4) is 78.1 Å². The van der Waals surface area contributed by atoms with Crippen molar-refractivity contribution in [3.63, 3.8) is 0 Å². The van der Waals surface area contributed by atoms with E-state index in [9.17, 15) is 9.90 Å². The van der Waals surface area contributed by atoms with Gasteiger partial charge >= 0.3 is 0 Å². The van der Waals surface area contributed by atoms with Crippen molar-refractivity contribution < 1.29 is 34.1 Å². The van der Waals surface area contributed by atoms with Crippen LogP contribution >= 0.6 is 0 Å². The fourth-order valence-electron chi connectivity index (χ4n) is 10.2. The predicted molar refractivity (Wildman–Crippen MR) is 279 cm³/mol. The summed E-state index contributed by atoms with van der Waals surface area (Å²) in [7, 11) is 0. The molecule has 337 valence electrons. The predicted octanol–water partition coefficient (Wildman–Crippen LogP) is 16.4. The minimum atomic E-state index is -2.76. The van der Waals surface area contributed by atoms with Crippen molar-refractivity contribution in [1.29, 1.82) is 0 Å². The van der Waals surface area contributed by atoms with E-state index in [-0.39, 0.29) is 31.8 Å². The number of carbonyl (C=O) groups is 1. The number of aromatic nitrogens is 2. The third-order valence-electron chi connectivity index (χ3n) is 13.5. The number of ketones is 1. The van der Waals surface area contributed by atoms with Crippen LogP contribution in [0.15, 0.2) is 212 Å². The third kappa shape index (κ3) is 9.37. The second-order valence-corrected chi connectivity index (χ2v) is 17.7. The first-order valence-electron chi connectivity index (χ1n) is 24.8. The number of rotatable bonds is 10. The van der Waals surface area contributed by atoms with Crippen LogP contribution in [0.5, 0.6) is 0 Å². The molecule has 0 saturated heterocycles. The molecule has 1 aliphatic carbocycles. The molecular weight excluding hydrogens is 1020 g/mol. The van der Waals surface area contributed by atoms with Crippen LogP contribution in [0, 0.1) is 18.1 Å². The summed E-state index contributed by atoms with van der Waals surface area (Å²) in [6.45, 7) is -2.76. The van der Waals surface area contributed by atoms with E-state index in [1.54, 1.807) is 0 Å². The van der Waals surface area contributed by atoms with Crippen LogP contribution in [0.3, 0.4) is 0 Å². The molecule has 5 heteroatoms. The first-order chi connectivity index (χ1) is 34.6. The Bertz CT molecular complexity index is 3460. The Morgan fingerprint density at radius 2 is 0.986 bits per heavy atom. The van der Waals surface area contributed by atoms with Gasteiger partial charge in [0.25, 0.3) is 0 Å². The molecule has 2 heterocycles. The zero-order chi connectivity index (χ0) is 48.5. The molecule has 1 saturated carbocycles. The van der Waals surface area contributed by atoms with E-state index in [1.807, 2.05) is 72.8 Å². The summed E-state index contributed by atoms with van der Waals surface area (Å²) in [5, 5.41) is 12.6. The number of para-hydroxylation sites is 2. The molecule has 11 rings (SSSR count). The van der Waals surface area contributed by atoms with Crippen LogP contribution in [-0.4, -0.2) is 20.9 Å². The fourth-order valence-corrected chi connectivity index (χ4v) is 10.2. The number of nitrogens with zero attached hydrogens (tertiary/aromatic N) is 2. The zero-order valence-corrected chi connectivity index (χ0v) is 40.1. The molecule has 0 spiro atoms. The van der Waals surface area contributed by atoms with E-state index in [2.05, 4.69) is 140 Å². The zero-order valence-electron chi connectivity index (χ0n) is 40.7. The standard InChI is InChI=1S/C64H48N2O2.Ir/c1-42(67)38-64(68)59-23-11-10-22-58(59)57-21-9-8-20-56(57)51-40-49(54-18-6-4-16-52(54)43-26-30-47(31-27-43)62-36-34-45-14-2-12-24-60(45)65-62)39-50(41-51)55-19-7-5-17-53(55)44-28-32-48(33-29-44)63-37-35-46-15-3-13-25-61(46)66-63;/h2-9,12-21,24-30,32,34-41,58-59,67H,10-11,22-23H2,1H3;/q-2;/b42-38-;/i1D3;. The van der Waals surface area contributed by atoms with Gasteiger partial charge in [0.1, 0.15) is 0 Å². The molecule has 2 unspecified atom stereocenters. The molecule has 8 aromatic carbocycles. The monoisotopic (exact) mass is 1070 g/mol. The number of aliphatic hydroxyl groups excluding tert-OH is 1. The van der Waals surface area contributed by atoms with Gasteiger partial charge in [0.2, 0.25) is 0 Å². The Kier molecular flexibility index (Phi) is 12.0. The Hall–Kier alpha value is -7.56. The molecule has 1 radical (unpaired) electrons. The number of fused-ring (bicyclic) bond motifs is 2. The van der Waals surface area contributed by atoms with E-state index >= 15 is 0 Å². The number of hydrogen-bond donors (Lipinski definition) is 1. The van der Waals surface area contributed by atoms with Crippen LogP contribution in [0.2, 0.25) is 0 Å². The first-order valence-corrected chi connectivity index (χ1v) is 23.3. The average Bonchev–Trinajstić information content (AvgIpc) is 3.42. The maximum absolute atomic E-state index is 13.9. The molecule has 1 fully saturated rings. The summed E-state index contributed by atoms with van der Waals surface area (Å²) in [6, 6.07) is 76.2. The van der Waals surface area contributed by atoms with Crippen molar-refractivity contribution in [3.05, 3.63) is 230 Å². The van der Waals surface area contributed by atoms with Gasteiger partial charge in [-0.2, -0.15) is 0 Å². The third-order valence-corrected chi connectivity index (χ3v) is 13.5. The van der Waals surface area contributed by atoms with Gasteiger partial charge in [-0.25, -0.2) is 0 Å². The van der Waals surface area contributed by atoms with Gasteiger partial charge in [-0.3, -0.25) is 14.8 Å². The SMILES string of the molecule is [2H]C([2H])([2H])/C(O)=C/C(=O)C1CCCCC1c1ccccc1-c1cc(-c2ccccc2-c2c[c-]c(-c3ccc4ccccc4n3)cc2)cc(-c2ccccc2-c2c[c-]c(-c3ccc4ccccc4n3)cc2)c1.[Ir]. The molecular formula is C64H48IrN2O2-2. The molecule has 0 bridgehead atoms. The number of pyridine rings is 2. The Labute approximate surface area is 421 Å². The Morgan fingerprint density at radius 3 is 1.49 bits per heavy atom. The second kappa shape index (κ2) is 20.0. The van der Waals surface area contributed by atoms with Crippen molar-refractivity contribution >= 4 is 27.6 Å². The molecule has 1 N–H and O–H groups in total. The van der Waals surface area contributed by atoms with Gasteiger partial charge in [-0.05, 0) is 117 Å². The maximum Gasteiger partial charge on any atom is 0.162 e. The van der Waals surface area contributed by atoms with E-state index in [0.29, 0.717) is 6.42 Å². The second-order valence-electron chi connectivity index (χ2n) is 17.7. The molecule has 69 heavy (non-hydrogen) atoms. The molecule has 10 aromatic rings. The summed E-state index contributed by atoms with van der Waals surface area (Å²) in [5.41, 5.74) is 16.7. The molecule has 2 aromatic heterocycles. The van der Waals surface area contributed by atoms with Crippen LogP contribution in [0.25, 0.3) is 100.0 Å². The number of carbonyl (C=O) groups excluding carboxylic acids is 1. The van der Waals surface area contributed by atoms with E-state index in [4.69, 9.17) is 14.1 Å². The number of hydrogen-bond acceptors (Lipinski definition) is 4. The summed E-state index contributed by atoms with van der Waals surface area (Å²) in [5.74, 6) is -1.89. The largest absolute Gasteiger partial charge is 0.512 e. The molecule has 0 amide bonds. The number of aliphatic hydroxyl groups is 1. The van der Waals surface area contributed by atoms with Gasteiger partial charge in [0.15, 0.2) is 5.78 Å². The topological polar surface area (TPSA) is 63.1 Å². The average molecular weight is 1070 g/mol. The van der Waals surface area contributed by atoms with Gasteiger partial charge in [0.05, 0.1) is 16.8 Å². The molecule has 0 aliphatic heterocycles. The van der Waals surface area contributed by atoms with Crippen molar-refractivity contribution in [2.45, 2.75) is 38.5 Å². The van der Waals surface area contributed by atoms with Gasteiger partial charge in [0, 0.05) is 36.2 Å². The van der Waals surface area contributed by atoms with Gasteiger partial charge < -0.3 is 5.11 Å². The van der Waals surface area contributed by atoms with Gasteiger partial charge in [-0.15, -0.1) is 59.7 Å². The van der Waals surface area contributed by atoms with Crippen LogP contribution in [0.4, 0.5) is 0 Å². The number of allylic oxidation sites excluding steroid dienone is 2. The van der Waals surface area contributed by atoms with Gasteiger partial charge in [-0.1, -0.05) is 169 Å². The number of benzene rings is 8. The van der Waals surface area contributed by atoms with Crippen LogP contribution in [0.1, 0.15) is 48.1 Å². The maximum atomic E-state index is 13.9. The summed E-state index contributed by atoms with van der Waals surface area (Å²) < 4.78 is 23.2. The van der Waals surface area contributed by atoms with E-state index in [1.165, 1.54) is 0 Å². The van der Waals surface area contributed by atoms with E-state index in [0.717, 1.165) is 131 Å². The summed E-state index contributed by atoms with van der Waals surface area (Å²) in [4.78, 5) is 23.8. The van der Waals surface area contributed by atoms with Crippen molar-refractivity contribution in [2.24, 2.45) is 5.92 Å². The summed E-state index contributed by atoms with van der Waals surface area (Å²) in [6.07, 6.45) is 4.09. The minimum Gasteiger partial charge on any atom is -0.512 e. The quantitative estimate of drug-likeness (QED) is 0.0842. The molecule has 1 aliphatic rings. The van der Waals surface area contributed by atoms with E-state index < -0.39 is 18.5 Å². The van der Waals surface area contributed by atoms with Crippen LogP contribution in [-0.2, 0) is 24.9 Å². The van der Waals surface area contributed by atoms with Crippen molar-refractivity contribution in [1.82, 2.24) is 9.97 Å².